The fraction of sp³-hybridized carbons (Fsp3) is 0.611. The number of hydrogen-bond donors (Lipinski definition) is 2. The molecule has 29 heavy (non-hydrogen) atoms. The van der Waals surface area contributed by atoms with E-state index in [0.29, 0.717) is 18.5 Å². The average molecular weight is 424 g/mol. The van der Waals surface area contributed by atoms with Gasteiger partial charge in [-0.05, 0) is 24.8 Å². The summed E-state index contributed by atoms with van der Waals surface area (Å²) < 4.78 is 55.9. The summed E-state index contributed by atoms with van der Waals surface area (Å²) in [7, 11) is -3.76. The van der Waals surface area contributed by atoms with E-state index < -0.39 is 34.0 Å². The lowest BCUT2D eigenvalue weighted by Gasteiger charge is -2.34. The van der Waals surface area contributed by atoms with Gasteiger partial charge >= 0.3 is 0 Å². The summed E-state index contributed by atoms with van der Waals surface area (Å²) in [6, 6.07) is 1.62. The standard InChI is InChI=1S/C18H22F2N6O2S/c1-2-10-5-11(25-29(27,28)12-7-18(19,20)8-12)6-13(10)17-24-23-15-9-22-16-14(26(15)17)3-4-21-16/h3-4,9-13,21,25H,2,5-8H2,1H3/t10-,11+,13+/m1/s1. The molecule has 0 radical (unpaired) electrons. The maximum atomic E-state index is 13.1. The van der Waals surface area contributed by atoms with Crippen LogP contribution in [0.15, 0.2) is 18.5 Å². The number of hydrogen-bond acceptors (Lipinski definition) is 5. The first kappa shape index (κ1) is 18.9. The highest BCUT2D eigenvalue weighted by atomic mass is 32.2. The Hall–Kier alpha value is -2.14. The van der Waals surface area contributed by atoms with Crippen LogP contribution in [0.4, 0.5) is 8.78 Å². The molecule has 2 saturated carbocycles. The molecule has 2 aliphatic carbocycles. The molecule has 0 bridgehead atoms. The van der Waals surface area contributed by atoms with Crippen molar-refractivity contribution in [2.24, 2.45) is 5.92 Å². The van der Waals surface area contributed by atoms with Crippen LogP contribution in [0.2, 0.25) is 0 Å². The number of nitrogens with one attached hydrogen (secondary N) is 2. The number of halogens is 2. The van der Waals surface area contributed by atoms with Gasteiger partial charge in [-0.1, -0.05) is 13.3 Å². The molecule has 8 nitrogen and oxygen atoms in total. The molecule has 3 heterocycles. The van der Waals surface area contributed by atoms with Crippen molar-refractivity contribution in [2.45, 2.75) is 62.2 Å². The number of alkyl halides is 2. The van der Waals surface area contributed by atoms with E-state index in [1.54, 1.807) is 12.4 Å². The van der Waals surface area contributed by atoms with Gasteiger partial charge in [-0.3, -0.25) is 4.40 Å². The molecule has 11 heteroatoms. The summed E-state index contributed by atoms with van der Waals surface area (Å²) in [6.45, 7) is 2.07. The lowest BCUT2D eigenvalue weighted by Crippen LogP contribution is -2.50. The zero-order valence-corrected chi connectivity index (χ0v) is 16.7. The number of aromatic amines is 1. The smallest absolute Gasteiger partial charge is 0.250 e. The van der Waals surface area contributed by atoms with Gasteiger partial charge in [0, 0.05) is 31.0 Å². The van der Waals surface area contributed by atoms with Gasteiger partial charge in [-0.15, -0.1) is 10.2 Å². The van der Waals surface area contributed by atoms with Crippen LogP contribution in [0.1, 0.15) is 50.8 Å². The van der Waals surface area contributed by atoms with E-state index in [4.69, 9.17) is 0 Å². The largest absolute Gasteiger partial charge is 0.345 e. The molecule has 0 saturated heterocycles. The minimum atomic E-state index is -3.76. The Labute approximate surface area is 166 Å². The molecule has 2 fully saturated rings. The van der Waals surface area contributed by atoms with Gasteiger partial charge in [0.25, 0.3) is 5.92 Å². The molecule has 156 valence electrons. The van der Waals surface area contributed by atoms with Crippen LogP contribution in [0.25, 0.3) is 16.8 Å². The number of H-pyrrole nitrogens is 1. The van der Waals surface area contributed by atoms with E-state index in [0.717, 1.165) is 23.4 Å². The summed E-state index contributed by atoms with van der Waals surface area (Å²) in [4.78, 5) is 7.40. The summed E-state index contributed by atoms with van der Waals surface area (Å²) >= 11 is 0. The second-order valence-electron chi connectivity index (χ2n) is 8.21. The third-order valence-electron chi connectivity index (χ3n) is 6.34. The first-order chi connectivity index (χ1) is 13.8. The van der Waals surface area contributed by atoms with E-state index in [9.17, 15) is 17.2 Å². The number of sulfonamides is 1. The number of nitrogens with zero attached hydrogens (tertiary/aromatic N) is 4. The Morgan fingerprint density at radius 2 is 2.10 bits per heavy atom. The molecular formula is C18H22F2N6O2S. The van der Waals surface area contributed by atoms with Crippen molar-refractivity contribution in [3.05, 3.63) is 24.3 Å². The van der Waals surface area contributed by atoms with Gasteiger partial charge in [-0.2, -0.15) is 0 Å². The van der Waals surface area contributed by atoms with Crippen molar-refractivity contribution in [1.82, 2.24) is 29.3 Å². The normalized spacial score (nSPS) is 27.6. The lowest BCUT2D eigenvalue weighted by atomic mass is 9.93. The third-order valence-corrected chi connectivity index (χ3v) is 8.21. The summed E-state index contributed by atoms with van der Waals surface area (Å²) in [5.41, 5.74) is 2.24. The van der Waals surface area contributed by atoms with Crippen molar-refractivity contribution in [1.29, 1.82) is 0 Å². The SMILES string of the molecule is CC[C@@H]1C[C@H](NS(=O)(=O)C2CC(F)(F)C2)C[C@@H]1c1nnc2cnc3[nH]ccc3n12. The molecule has 0 amide bonds. The Bertz CT molecular complexity index is 1170. The quantitative estimate of drug-likeness (QED) is 0.655. The number of aromatic nitrogens is 5. The third kappa shape index (κ3) is 3.10. The molecule has 0 aromatic carbocycles. The zero-order chi connectivity index (χ0) is 20.4. The van der Waals surface area contributed by atoms with Gasteiger partial charge in [0.05, 0.1) is 17.0 Å². The number of rotatable bonds is 5. The fourth-order valence-corrected chi connectivity index (χ4v) is 6.56. The highest BCUT2D eigenvalue weighted by molar-refractivity contribution is 7.90. The first-order valence-corrected chi connectivity index (χ1v) is 11.4. The monoisotopic (exact) mass is 424 g/mol. The van der Waals surface area contributed by atoms with E-state index >= 15 is 0 Å². The summed E-state index contributed by atoms with van der Waals surface area (Å²) in [5.74, 6) is -1.83. The Kier molecular flexibility index (Phi) is 4.18. The Balaban J connectivity index is 1.42. The second-order valence-corrected chi connectivity index (χ2v) is 10.2. The van der Waals surface area contributed by atoms with Gasteiger partial charge in [-0.25, -0.2) is 26.9 Å². The van der Waals surface area contributed by atoms with Crippen LogP contribution in [0.5, 0.6) is 0 Å². The van der Waals surface area contributed by atoms with Crippen LogP contribution in [-0.2, 0) is 10.0 Å². The van der Waals surface area contributed by atoms with Crippen molar-refractivity contribution in [2.75, 3.05) is 0 Å². The van der Waals surface area contributed by atoms with Gasteiger partial charge in [0.2, 0.25) is 10.0 Å². The van der Waals surface area contributed by atoms with Crippen LogP contribution >= 0.6 is 0 Å². The predicted molar refractivity (Wildman–Crippen MR) is 102 cm³/mol. The molecule has 0 unspecified atom stereocenters. The van der Waals surface area contributed by atoms with Crippen LogP contribution in [0.3, 0.4) is 0 Å². The van der Waals surface area contributed by atoms with Gasteiger partial charge in [0.1, 0.15) is 5.82 Å². The number of fused-ring (bicyclic) bond motifs is 3. The lowest BCUT2D eigenvalue weighted by molar-refractivity contribution is -0.0688. The van der Waals surface area contributed by atoms with Crippen LogP contribution in [0, 0.1) is 5.92 Å². The first-order valence-electron chi connectivity index (χ1n) is 9.83. The maximum Gasteiger partial charge on any atom is 0.250 e. The minimum Gasteiger partial charge on any atom is -0.345 e. The molecule has 3 aromatic rings. The van der Waals surface area contributed by atoms with Gasteiger partial charge < -0.3 is 4.98 Å². The maximum absolute atomic E-state index is 13.1. The molecule has 0 spiro atoms. The summed E-state index contributed by atoms with van der Waals surface area (Å²) in [6.07, 6.45) is 4.35. The van der Waals surface area contributed by atoms with E-state index in [1.807, 2.05) is 10.5 Å². The van der Waals surface area contributed by atoms with E-state index in [2.05, 4.69) is 31.8 Å². The second kappa shape index (κ2) is 6.43. The van der Waals surface area contributed by atoms with E-state index in [1.165, 1.54) is 0 Å². The molecule has 5 rings (SSSR count). The summed E-state index contributed by atoms with van der Waals surface area (Å²) in [5, 5.41) is 7.64. The zero-order valence-electron chi connectivity index (χ0n) is 15.8. The van der Waals surface area contributed by atoms with Crippen molar-refractivity contribution >= 4 is 26.8 Å². The molecule has 2 aliphatic rings. The highest BCUT2D eigenvalue weighted by Crippen LogP contribution is 2.44. The fourth-order valence-electron chi connectivity index (χ4n) is 4.78. The topological polar surface area (TPSA) is 105 Å². The molecule has 2 N–H and O–H groups in total. The highest BCUT2D eigenvalue weighted by Gasteiger charge is 2.52. The molecule has 3 atom stereocenters. The Morgan fingerprint density at radius 3 is 2.83 bits per heavy atom. The average Bonchev–Trinajstić information content (AvgIpc) is 3.35. The van der Waals surface area contributed by atoms with Gasteiger partial charge in [0.15, 0.2) is 11.3 Å². The van der Waals surface area contributed by atoms with Crippen LogP contribution in [-0.4, -0.2) is 50.2 Å². The van der Waals surface area contributed by atoms with E-state index in [-0.39, 0.29) is 17.9 Å². The molecule has 0 aliphatic heterocycles. The minimum absolute atomic E-state index is 0.0195. The Morgan fingerprint density at radius 1 is 1.31 bits per heavy atom. The molecular weight excluding hydrogens is 402 g/mol. The predicted octanol–water partition coefficient (Wildman–Crippen LogP) is 2.59. The van der Waals surface area contributed by atoms with Crippen molar-refractivity contribution in [3.8, 4) is 0 Å². The molecule has 3 aromatic heterocycles. The van der Waals surface area contributed by atoms with Crippen LogP contribution < -0.4 is 4.72 Å². The van der Waals surface area contributed by atoms with Crippen molar-refractivity contribution in [3.63, 3.8) is 0 Å². The van der Waals surface area contributed by atoms with Crippen molar-refractivity contribution < 1.29 is 17.2 Å².